The minimum absolute atomic E-state index is 0.214. The molecule has 0 aliphatic carbocycles. The fourth-order valence-corrected chi connectivity index (χ4v) is 1.74. The highest BCUT2D eigenvalue weighted by molar-refractivity contribution is 9.08. The van der Waals surface area contributed by atoms with Crippen LogP contribution in [0.2, 0.25) is 5.15 Å². The number of halogens is 4. The summed E-state index contributed by atoms with van der Waals surface area (Å²) in [6, 6.07) is 1.43. The first-order chi connectivity index (χ1) is 6.60. The highest BCUT2D eigenvalue weighted by Gasteiger charge is 2.19. The summed E-state index contributed by atoms with van der Waals surface area (Å²) in [5, 5.41) is 0.0689. The van der Waals surface area contributed by atoms with Crippen molar-refractivity contribution in [2.75, 3.05) is 7.11 Å². The van der Waals surface area contributed by atoms with Crippen LogP contribution < -0.4 is 4.74 Å². The van der Waals surface area contributed by atoms with Gasteiger partial charge in [-0.05, 0) is 5.56 Å². The van der Waals surface area contributed by atoms with Gasteiger partial charge in [0.25, 0.3) is 6.43 Å². The van der Waals surface area contributed by atoms with Crippen molar-refractivity contribution in [1.82, 2.24) is 4.98 Å². The molecule has 0 bridgehead atoms. The molecule has 0 aliphatic heterocycles. The second-order valence-electron chi connectivity index (χ2n) is 2.46. The maximum atomic E-state index is 12.5. The second kappa shape index (κ2) is 4.89. The van der Waals surface area contributed by atoms with Crippen LogP contribution in [-0.2, 0) is 5.33 Å². The fourth-order valence-electron chi connectivity index (χ4n) is 0.994. The molecule has 0 atom stereocenters. The number of hydrogen-bond donors (Lipinski definition) is 0. The fraction of sp³-hybridized carbons (Fsp3) is 0.375. The van der Waals surface area contributed by atoms with Gasteiger partial charge in [0.05, 0.1) is 12.7 Å². The van der Waals surface area contributed by atoms with E-state index in [0.717, 1.165) is 0 Å². The maximum absolute atomic E-state index is 12.5. The Hall–Kier alpha value is -0.420. The van der Waals surface area contributed by atoms with Crippen molar-refractivity contribution in [3.05, 3.63) is 22.3 Å². The highest BCUT2D eigenvalue weighted by atomic mass is 79.9. The number of hydrogen-bond acceptors (Lipinski definition) is 2. The summed E-state index contributed by atoms with van der Waals surface area (Å²) in [5.74, 6) is 0.230. The lowest BCUT2D eigenvalue weighted by Crippen LogP contribution is -1.98. The van der Waals surface area contributed by atoms with Crippen LogP contribution in [0.3, 0.4) is 0 Å². The quantitative estimate of drug-likeness (QED) is 0.626. The predicted octanol–water partition coefficient (Wildman–Crippen LogP) is 3.58. The smallest absolute Gasteiger partial charge is 0.267 e. The maximum Gasteiger partial charge on any atom is 0.267 e. The Bertz CT molecular complexity index is 335. The van der Waals surface area contributed by atoms with Gasteiger partial charge in [0, 0.05) is 11.4 Å². The number of pyridine rings is 1. The van der Waals surface area contributed by atoms with E-state index in [0.29, 0.717) is 5.56 Å². The standard InChI is InChI=1S/C8H7BrClF2NO/c1-14-5-2-4(3-9)6(8(11)12)7(10)13-5/h2,8H,3H2,1H3. The summed E-state index contributed by atoms with van der Waals surface area (Å²) in [4.78, 5) is 3.66. The number of rotatable bonds is 3. The predicted molar refractivity (Wildman–Crippen MR) is 53.4 cm³/mol. The molecular weight excluding hydrogens is 279 g/mol. The minimum atomic E-state index is -2.63. The summed E-state index contributed by atoms with van der Waals surface area (Å²) < 4.78 is 29.9. The van der Waals surface area contributed by atoms with Gasteiger partial charge in [-0.15, -0.1) is 0 Å². The minimum Gasteiger partial charge on any atom is -0.481 e. The lowest BCUT2D eigenvalue weighted by molar-refractivity contribution is 0.150. The Morgan fingerprint density at radius 3 is 2.71 bits per heavy atom. The average molecular weight is 287 g/mol. The zero-order valence-electron chi connectivity index (χ0n) is 7.23. The average Bonchev–Trinajstić information content (AvgIpc) is 2.15. The van der Waals surface area contributed by atoms with Gasteiger partial charge >= 0.3 is 0 Å². The first kappa shape index (κ1) is 11.7. The molecule has 1 rings (SSSR count). The van der Waals surface area contributed by atoms with Crippen LogP contribution in [0, 0.1) is 0 Å². The summed E-state index contributed by atoms with van der Waals surface area (Å²) in [6.07, 6.45) is -2.63. The number of ether oxygens (including phenoxy) is 1. The van der Waals surface area contributed by atoms with Gasteiger partial charge in [-0.1, -0.05) is 27.5 Å². The molecule has 0 saturated carbocycles. The van der Waals surface area contributed by atoms with Gasteiger partial charge in [0.1, 0.15) is 5.15 Å². The molecule has 78 valence electrons. The zero-order valence-corrected chi connectivity index (χ0v) is 9.57. The molecule has 1 heterocycles. The Labute approximate surface area is 93.4 Å². The number of alkyl halides is 3. The van der Waals surface area contributed by atoms with Crippen LogP contribution in [0.5, 0.6) is 5.88 Å². The molecule has 1 aromatic heterocycles. The SMILES string of the molecule is COc1cc(CBr)c(C(F)F)c(Cl)n1. The van der Waals surface area contributed by atoms with E-state index in [9.17, 15) is 8.78 Å². The van der Waals surface area contributed by atoms with Crippen molar-refractivity contribution in [2.45, 2.75) is 11.8 Å². The van der Waals surface area contributed by atoms with E-state index in [-0.39, 0.29) is 21.9 Å². The molecule has 0 saturated heterocycles. The van der Waals surface area contributed by atoms with Gasteiger partial charge in [-0.25, -0.2) is 13.8 Å². The van der Waals surface area contributed by atoms with Gasteiger partial charge in [-0.2, -0.15) is 0 Å². The zero-order chi connectivity index (χ0) is 10.7. The summed E-state index contributed by atoms with van der Waals surface area (Å²) in [6.45, 7) is 0. The summed E-state index contributed by atoms with van der Waals surface area (Å²) in [7, 11) is 1.40. The van der Waals surface area contributed by atoms with E-state index in [1.54, 1.807) is 0 Å². The van der Waals surface area contributed by atoms with E-state index in [4.69, 9.17) is 16.3 Å². The number of nitrogens with zero attached hydrogens (tertiary/aromatic N) is 1. The molecule has 0 N–H and O–H groups in total. The van der Waals surface area contributed by atoms with E-state index in [1.165, 1.54) is 13.2 Å². The lowest BCUT2D eigenvalue weighted by Gasteiger charge is -2.09. The monoisotopic (exact) mass is 285 g/mol. The van der Waals surface area contributed by atoms with Crippen molar-refractivity contribution in [2.24, 2.45) is 0 Å². The molecule has 0 radical (unpaired) electrons. The van der Waals surface area contributed by atoms with Crippen molar-refractivity contribution in [3.63, 3.8) is 0 Å². The van der Waals surface area contributed by atoms with Gasteiger partial charge in [0.15, 0.2) is 0 Å². The van der Waals surface area contributed by atoms with Crippen LogP contribution in [0.25, 0.3) is 0 Å². The third kappa shape index (κ3) is 2.33. The second-order valence-corrected chi connectivity index (χ2v) is 3.38. The molecule has 1 aromatic rings. The van der Waals surface area contributed by atoms with Crippen molar-refractivity contribution in [1.29, 1.82) is 0 Å². The Balaban J connectivity index is 3.27. The molecule has 0 aliphatic rings. The third-order valence-electron chi connectivity index (χ3n) is 1.65. The molecule has 14 heavy (non-hydrogen) atoms. The van der Waals surface area contributed by atoms with Crippen LogP contribution in [0.15, 0.2) is 6.07 Å². The van der Waals surface area contributed by atoms with Gasteiger partial charge in [0.2, 0.25) is 5.88 Å². The summed E-state index contributed by atoms with van der Waals surface area (Å²) in [5.41, 5.74) is 0.140. The van der Waals surface area contributed by atoms with Gasteiger partial charge in [-0.3, -0.25) is 0 Å². The van der Waals surface area contributed by atoms with Crippen LogP contribution in [0.4, 0.5) is 8.78 Å². The Kier molecular flexibility index (Phi) is 4.07. The number of methoxy groups -OCH3 is 1. The third-order valence-corrected chi connectivity index (χ3v) is 2.54. The number of aromatic nitrogens is 1. The van der Waals surface area contributed by atoms with E-state index < -0.39 is 6.43 Å². The molecule has 0 unspecified atom stereocenters. The van der Waals surface area contributed by atoms with E-state index in [1.807, 2.05) is 0 Å². The Morgan fingerprint density at radius 1 is 1.64 bits per heavy atom. The van der Waals surface area contributed by atoms with Crippen LogP contribution in [0.1, 0.15) is 17.6 Å². The van der Waals surface area contributed by atoms with Crippen molar-refractivity contribution < 1.29 is 13.5 Å². The van der Waals surface area contributed by atoms with Crippen LogP contribution >= 0.6 is 27.5 Å². The summed E-state index contributed by atoms with van der Waals surface area (Å²) >= 11 is 8.69. The Morgan fingerprint density at radius 2 is 2.29 bits per heavy atom. The molecular formula is C8H7BrClF2NO. The molecule has 0 fully saturated rings. The first-order valence-electron chi connectivity index (χ1n) is 3.67. The largest absolute Gasteiger partial charge is 0.481 e. The highest BCUT2D eigenvalue weighted by Crippen LogP contribution is 2.32. The van der Waals surface area contributed by atoms with Gasteiger partial charge < -0.3 is 4.74 Å². The topological polar surface area (TPSA) is 22.1 Å². The molecule has 0 aromatic carbocycles. The molecule has 0 amide bonds. The molecule has 2 nitrogen and oxygen atoms in total. The van der Waals surface area contributed by atoms with Crippen molar-refractivity contribution in [3.8, 4) is 5.88 Å². The van der Waals surface area contributed by atoms with Crippen molar-refractivity contribution >= 4 is 27.5 Å². The normalized spacial score (nSPS) is 10.7. The van der Waals surface area contributed by atoms with Crippen LogP contribution in [-0.4, -0.2) is 12.1 Å². The molecule has 6 heteroatoms. The lowest BCUT2D eigenvalue weighted by atomic mass is 10.2. The first-order valence-corrected chi connectivity index (χ1v) is 5.17. The molecule has 0 spiro atoms. The van der Waals surface area contributed by atoms with E-state index >= 15 is 0 Å². The van der Waals surface area contributed by atoms with E-state index in [2.05, 4.69) is 20.9 Å².